The van der Waals surface area contributed by atoms with Crippen LogP contribution in [-0.4, -0.2) is 87.5 Å². The fraction of sp³-hybridized carbons (Fsp3) is 0.519. The number of aromatic nitrogens is 4. The molecular formula is C27H35N9O2. The highest BCUT2D eigenvalue weighted by Gasteiger charge is 2.44. The lowest BCUT2D eigenvalue weighted by Crippen LogP contribution is -2.52. The average Bonchev–Trinajstić information content (AvgIpc) is 3.63. The summed E-state index contributed by atoms with van der Waals surface area (Å²) in [6.07, 6.45) is 12.0. The number of aryl methyl sites for hydroxylation is 1. The van der Waals surface area contributed by atoms with Crippen LogP contribution in [0.3, 0.4) is 0 Å². The molecule has 6 heterocycles. The van der Waals surface area contributed by atoms with Crippen LogP contribution in [-0.2, 0) is 0 Å². The zero-order valence-electron chi connectivity index (χ0n) is 22.1. The highest BCUT2D eigenvalue weighted by molar-refractivity contribution is 5.94. The van der Waals surface area contributed by atoms with Gasteiger partial charge in [0.05, 0.1) is 29.9 Å². The monoisotopic (exact) mass is 517 g/mol. The molecule has 0 aromatic carbocycles. The molecule has 38 heavy (non-hydrogen) atoms. The molecule has 3 aromatic rings. The van der Waals surface area contributed by atoms with Gasteiger partial charge in [0.2, 0.25) is 0 Å². The van der Waals surface area contributed by atoms with Crippen molar-refractivity contribution in [2.24, 2.45) is 5.92 Å². The van der Waals surface area contributed by atoms with E-state index in [1.54, 1.807) is 18.7 Å². The van der Waals surface area contributed by atoms with Crippen LogP contribution in [0.5, 0.6) is 0 Å². The Morgan fingerprint density at radius 1 is 1.18 bits per heavy atom. The molecule has 3 fully saturated rings. The summed E-state index contributed by atoms with van der Waals surface area (Å²) in [5, 5.41) is 6.19. The second-order valence-electron chi connectivity index (χ2n) is 11.0. The number of hydrogen-bond acceptors (Lipinski definition) is 7. The molecular weight excluding hydrogens is 482 g/mol. The molecule has 3 amide bonds. The second-order valence-corrected chi connectivity index (χ2v) is 11.0. The number of amides is 3. The Labute approximate surface area is 222 Å². The number of piperidine rings is 1. The van der Waals surface area contributed by atoms with Crippen LogP contribution in [0.15, 0.2) is 37.2 Å². The van der Waals surface area contributed by atoms with Gasteiger partial charge in [-0.15, -0.1) is 0 Å². The van der Waals surface area contributed by atoms with Gasteiger partial charge in [0, 0.05) is 58.2 Å². The van der Waals surface area contributed by atoms with Crippen molar-refractivity contribution in [2.75, 3.05) is 55.6 Å². The molecule has 3 aliphatic heterocycles. The lowest BCUT2D eigenvalue weighted by atomic mass is 9.88. The third-order valence-corrected chi connectivity index (χ3v) is 8.23. The standard InChI is InChI=1S/C27H35N9O2/c1-19-3-8-34(16-19)21-13-20(2)23(31-14-21)25(37)30-7-11-35-17-27(32-26(35)38)4-9-33(10-5-27)24-22-15-28-18-36(22)12-6-29-24/h6,12-15,18-19H,3-5,7-11,16-17H2,1-2H3,(H,30,37)(H,32,38). The first-order valence-corrected chi connectivity index (χ1v) is 13.5. The maximum atomic E-state index is 12.8. The number of rotatable bonds is 6. The number of pyridine rings is 1. The smallest absolute Gasteiger partial charge is 0.318 e. The van der Waals surface area contributed by atoms with E-state index < -0.39 is 0 Å². The van der Waals surface area contributed by atoms with Crippen molar-refractivity contribution in [3.05, 3.63) is 48.4 Å². The molecule has 0 saturated carbocycles. The highest BCUT2D eigenvalue weighted by Crippen LogP contribution is 2.31. The molecule has 200 valence electrons. The van der Waals surface area contributed by atoms with E-state index in [0.29, 0.717) is 31.2 Å². The number of anilines is 2. The number of nitrogens with one attached hydrogen (secondary N) is 2. The first kappa shape index (κ1) is 24.4. The number of urea groups is 1. The molecule has 1 spiro atoms. The van der Waals surface area contributed by atoms with E-state index >= 15 is 0 Å². The summed E-state index contributed by atoms with van der Waals surface area (Å²) < 4.78 is 1.97. The molecule has 0 aliphatic carbocycles. The number of fused-ring (bicyclic) bond motifs is 1. The van der Waals surface area contributed by atoms with Crippen molar-refractivity contribution in [1.82, 2.24) is 34.9 Å². The van der Waals surface area contributed by atoms with Gasteiger partial charge in [-0.2, -0.15) is 0 Å². The molecule has 2 N–H and O–H groups in total. The van der Waals surface area contributed by atoms with Crippen molar-refractivity contribution < 1.29 is 9.59 Å². The molecule has 11 nitrogen and oxygen atoms in total. The summed E-state index contributed by atoms with van der Waals surface area (Å²) in [7, 11) is 0. The number of nitrogens with zero attached hydrogens (tertiary/aromatic N) is 7. The lowest BCUT2D eigenvalue weighted by molar-refractivity contribution is 0.0944. The summed E-state index contributed by atoms with van der Waals surface area (Å²) in [6.45, 7) is 9.34. The van der Waals surface area contributed by atoms with Crippen molar-refractivity contribution in [3.63, 3.8) is 0 Å². The Bertz CT molecular complexity index is 1350. The highest BCUT2D eigenvalue weighted by atomic mass is 16.2. The SMILES string of the molecule is Cc1cc(N2CCC(C)C2)cnc1C(=O)NCCN1CC2(CCN(c3nccn4cncc34)CC2)NC1=O. The molecule has 3 aromatic heterocycles. The summed E-state index contributed by atoms with van der Waals surface area (Å²) in [4.78, 5) is 45.3. The molecule has 3 aliphatic rings. The number of carbonyl (C=O) groups is 2. The van der Waals surface area contributed by atoms with Crippen molar-refractivity contribution >= 4 is 29.0 Å². The minimum Gasteiger partial charge on any atom is -0.370 e. The third-order valence-electron chi connectivity index (χ3n) is 8.23. The lowest BCUT2D eigenvalue weighted by Gasteiger charge is -2.39. The van der Waals surface area contributed by atoms with Crippen LogP contribution in [0.2, 0.25) is 0 Å². The number of imidazole rings is 1. The fourth-order valence-electron chi connectivity index (χ4n) is 6.00. The van der Waals surface area contributed by atoms with Gasteiger partial charge >= 0.3 is 6.03 Å². The van der Waals surface area contributed by atoms with E-state index in [1.165, 1.54) is 6.42 Å². The van der Waals surface area contributed by atoms with E-state index in [0.717, 1.165) is 61.6 Å². The maximum absolute atomic E-state index is 12.8. The van der Waals surface area contributed by atoms with Gasteiger partial charge in [-0.1, -0.05) is 6.92 Å². The summed E-state index contributed by atoms with van der Waals surface area (Å²) in [6, 6.07) is 1.98. The van der Waals surface area contributed by atoms with E-state index in [4.69, 9.17) is 0 Å². The van der Waals surface area contributed by atoms with Gasteiger partial charge in [-0.05, 0) is 43.7 Å². The largest absolute Gasteiger partial charge is 0.370 e. The van der Waals surface area contributed by atoms with Crippen molar-refractivity contribution in [2.45, 2.75) is 38.6 Å². The van der Waals surface area contributed by atoms with Gasteiger partial charge in [0.15, 0.2) is 5.82 Å². The Morgan fingerprint density at radius 2 is 2.03 bits per heavy atom. The first-order valence-electron chi connectivity index (χ1n) is 13.5. The van der Waals surface area contributed by atoms with Crippen LogP contribution in [0.4, 0.5) is 16.3 Å². The Kier molecular flexibility index (Phi) is 6.29. The normalized spacial score (nSPS) is 20.9. The van der Waals surface area contributed by atoms with E-state index in [2.05, 4.69) is 42.3 Å². The Hall–Kier alpha value is -3.89. The minimum absolute atomic E-state index is 0.0674. The molecule has 0 radical (unpaired) electrons. The van der Waals surface area contributed by atoms with Crippen molar-refractivity contribution in [3.8, 4) is 0 Å². The number of hydrogen-bond donors (Lipinski definition) is 2. The van der Waals surface area contributed by atoms with Crippen molar-refractivity contribution in [1.29, 1.82) is 0 Å². The topological polar surface area (TPSA) is 111 Å². The van der Waals surface area contributed by atoms with Gasteiger partial charge in [0.25, 0.3) is 5.91 Å². The summed E-state index contributed by atoms with van der Waals surface area (Å²) in [5.41, 5.74) is 3.12. The van der Waals surface area contributed by atoms with Gasteiger partial charge in [0.1, 0.15) is 11.2 Å². The van der Waals surface area contributed by atoms with E-state index in [-0.39, 0.29) is 17.5 Å². The average molecular weight is 518 g/mol. The molecule has 1 atom stereocenters. The van der Waals surface area contributed by atoms with Gasteiger partial charge < -0.3 is 29.7 Å². The predicted octanol–water partition coefficient (Wildman–Crippen LogP) is 2.07. The molecule has 1 unspecified atom stereocenters. The van der Waals surface area contributed by atoms with Crippen LogP contribution >= 0.6 is 0 Å². The molecule has 6 rings (SSSR count). The van der Waals surface area contributed by atoms with Gasteiger partial charge in [-0.3, -0.25) is 4.79 Å². The molecule has 0 bridgehead atoms. The summed E-state index contributed by atoms with van der Waals surface area (Å²) >= 11 is 0. The quantitative estimate of drug-likeness (QED) is 0.515. The van der Waals surface area contributed by atoms with Crippen LogP contribution < -0.4 is 20.4 Å². The minimum atomic E-state index is -0.246. The maximum Gasteiger partial charge on any atom is 0.318 e. The van der Waals surface area contributed by atoms with Crippen LogP contribution in [0.25, 0.3) is 5.52 Å². The van der Waals surface area contributed by atoms with Crippen LogP contribution in [0.1, 0.15) is 42.2 Å². The number of carbonyl (C=O) groups excluding carboxylic acids is 2. The summed E-state index contributed by atoms with van der Waals surface area (Å²) in [5.74, 6) is 1.41. The predicted molar refractivity (Wildman–Crippen MR) is 145 cm³/mol. The van der Waals surface area contributed by atoms with E-state index in [9.17, 15) is 9.59 Å². The zero-order chi connectivity index (χ0) is 26.3. The van der Waals surface area contributed by atoms with Crippen LogP contribution in [0, 0.1) is 12.8 Å². The second kappa shape index (κ2) is 9.77. The molecule has 3 saturated heterocycles. The molecule has 11 heteroatoms. The zero-order valence-corrected chi connectivity index (χ0v) is 22.1. The third kappa shape index (κ3) is 4.61. The fourth-order valence-corrected chi connectivity index (χ4v) is 6.00. The van der Waals surface area contributed by atoms with Gasteiger partial charge in [-0.25, -0.2) is 19.7 Å². The Balaban J connectivity index is 1.01. The van der Waals surface area contributed by atoms with E-state index in [1.807, 2.05) is 34.7 Å². The Morgan fingerprint density at radius 3 is 2.79 bits per heavy atom. The first-order chi connectivity index (χ1) is 18.4.